The van der Waals surface area contributed by atoms with E-state index in [0.29, 0.717) is 5.56 Å². The summed E-state index contributed by atoms with van der Waals surface area (Å²) in [6.45, 7) is 0. The van der Waals surface area contributed by atoms with Crippen LogP contribution >= 0.6 is 0 Å². The number of carboxylic acid groups (broad SMARTS) is 1. The Bertz CT molecular complexity index is 372. The van der Waals surface area contributed by atoms with Crippen molar-refractivity contribution in [2.45, 2.75) is 12.3 Å². The van der Waals surface area contributed by atoms with E-state index in [1.807, 2.05) is 6.07 Å². The Morgan fingerprint density at radius 2 is 2.00 bits per heavy atom. The molecule has 0 aliphatic rings. The zero-order valence-electron chi connectivity index (χ0n) is 8.24. The number of hydrogen-bond acceptors (Lipinski definition) is 3. The monoisotopic (exact) mass is 231 g/mol. The third-order valence-electron chi connectivity index (χ3n) is 1.80. The van der Waals surface area contributed by atoms with E-state index in [2.05, 4.69) is 0 Å². The fraction of sp³-hybridized carbons (Fsp3) is 0.200. The molecule has 5 heteroatoms. The molecule has 0 heterocycles. The summed E-state index contributed by atoms with van der Waals surface area (Å²) in [4.78, 5) is 10.3. The molecule has 0 amide bonds. The molecule has 72 valence electrons. The van der Waals surface area contributed by atoms with Gasteiger partial charge >= 0.3 is 51.4 Å². The van der Waals surface area contributed by atoms with Crippen molar-refractivity contribution in [1.82, 2.24) is 0 Å². The van der Waals surface area contributed by atoms with Crippen molar-refractivity contribution in [2.75, 3.05) is 0 Å². The second-order valence-corrected chi connectivity index (χ2v) is 2.81. The van der Waals surface area contributed by atoms with E-state index in [1.165, 1.54) is 24.3 Å². The molecule has 0 aliphatic carbocycles. The standard InChI is InChI=1S/C10H8FNO2.K/c11-9-3-1-7(2-4-9)8(6-12)5-10(13)14;/h1-4,8H,5H2,(H,13,14);/q;+1/p-1/t8-;/m1./s1. The van der Waals surface area contributed by atoms with Crippen molar-refractivity contribution in [3.8, 4) is 6.07 Å². The van der Waals surface area contributed by atoms with Gasteiger partial charge in [-0.2, -0.15) is 5.26 Å². The van der Waals surface area contributed by atoms with Crippen LogP contribution in [0.25, 0.3) is 0 Å². The number of carboxylic acids is 1. The molecule has 1 atom stereocenters. The molecule has 0 aromatic heterocycles. The van der Waals surface area contributed by atoms with Gasteiger partial charge in [0.1, 0.15) is 5.82 Å². The summed E-state index contributed by atoms with van der Waals surface area (Å²) in [5, 5.41) is 18.9. The van der Waals surface area contributed by atoms with E-state index in [9.17, 15) is 14.3 Å². The zero-order chi connectivity index (χ0) is 10.6. The summed E-state index contributed by atoms with van der Waals surface area (Å²) < 4.78 is 12.5. The van der Waals surface area contributed by atoms with Crippen LogP contribution in [-0.4, -0.2) is 5.97 Å². The van der Waals surface area contributed by atoms with Gasteiger partial charge in [0.15, 0.2) is 0 Å². The first-order valence-electron chi connectivity index (χ1n) is 3.98. The summed E-state index contributed by atoms with van der Waals surface area (Å²) in [6.07, 6.45) is -0.373. The maximum Gasteiger partial charge on any atom is 1.00 e. The van der Waals surface area contributed by atoms with Crippen molar-refractivity contribution < 1.29 is 65.7 Å². The quantitative estimate of drug-likeness (QED) is 0.544. The normalized spacial score (nSPS) is 10.9. The summed E-state index contributed by atoms with van der Waals surface area (Å²) in [5.41, 5.74) is 0.484. The fourth-order valence-electron chi connectivity index (χ4n) is 1.10. The minimum absolute atomic E-state index is 0. The molecule has 0 radical (unpaired) electrons. The smallest absolute Gasteiger partial charge is 0.550 e. The SMILES string of the molecule is N#C[C@@H](CC(=O)[O-])c1ccc(F)cc1.[K+]. The van der Waals surface area contributed by atoms with Gasteiger partial charge in [-0.15, -0.1) is 0 Å². The van der Waals surface area contributed by atoms with E-state index in [0.717, 1.165) is 0 Å². The van der Waals surface area contributed by atoms with Crippen molar-refractivity contribution in [3.63, 3.8) is 0 Å². The van der Waals surface area contributed by atoms with Gasteiger partial charge in [-0.25, -0.2) is 4.39 Å². The second kappa shape index (κ2) is 7.09. The molecular weight excluding hydrogens is 224 g/mol. The van der Waals surface area contributed by atoms with Crippen LogP contribution in [0.15, 0.2) is 24.3 Å². The number of nitrogens with zero attached hydrogens (tertiary/aromatic N) is 1. The number of benzene rings is 1. The molecule has 1 aromatic carbocycles. The number of carbonyl (C=O) groups excluding carboxylic acids is 1. The molecular formula is C10H7FKNO2. The van der Waals surface area contributed by atoms with Gasteiger partial charge in [0.05, 0.1) is 12.0 Å². The number of carbonyl (C=O) groups is 1. The molecule has 0 spiro atoms. The van der Waals surface area contributed by atoms with Gasteiger partial charge in [-0.05, 0) is 17.7 Å². The number of aliphatic carboxylic acids is 1. The summed E-state index contributed by atoms with van der Waals surface area (Å²) >= 11 is 0. The van der Waals surface area contributed by atoms with E-state index < -0.39 is 17.7 Å². The molecule has 3 nitrogen and oxygen atoms in total. The molecule has 0 unspecified atom stereocenters. The van der Waals surface area contributed by atoms with Crippen LogP contribution in [0.2, 0.25) is 0 Å². The number of hydrogen-bond donors (Lipinski definition) is 0. The van der Waals surface area contributed by atoms with Crippen molar-refractivity contribution in [1.29, 1.82) is 5.26 Å². The van der Waals surface area contributed by atoms with E-state index in [4.69, 9.17) is 5.26 Å². The summed E-state index contributed by atoms with van der Waals surface area (Å²) in [5.74, 6) is -2.49. The van der Waals surface area contributed by atoms with Gasteiger partial charge in [-0.3, -0.25) is 0 Å². The first kappa shape index (κ1) is 14.7. The topological polar surface area (TPSA) is 63.9 Å². The van der Waals surface area contributed by atoms with Crippen LogP contribution in [0.4, 0.5) is 4.39 Å². The van der Waals surface area contributed by atoms with Crippen molar-refractivity contribution >= 4 is 5.97 Å². The number of nitriles is 1. The Kier molecular flexibility index (Phi) is 6.97. The van der Waals surface area contributed by atoms with E-state index in [-0.39, 0.29) is 57.8 Å². The Labute approximate surface area is 129 Å². The average molecular weight is 231 g/mol. The van der Waals surface area contributed by atoms with Gasteiger partial charge in [0.2, 0.25) is 0 Å². The summed E-state index contributed by atoms with van der Waals surface area (Å²) in [6, 6.07) is 6.99. The third kappa shape index (κ3) is 4.86. The van der Waals surface area contributed by atoms with Crippen LogP contribution in [0.5, 0.6) is 0 Å². The average Bonchev–Trinajstić information content (AvgIpc) is 2.15. The molecule has 0 saturated carbocycles. The van der Waals surface area contributed by atoms with Crippen LogP contribution in [0, 0.1) is 17.1 Å². The molecule has 0 fully saturated rings. The summed E-state index contributed by atoms with van der Waals surface area (Å²) in [7, 11) is 0. The van der Waals surface area contributed by atoms with Crippen molar-refractivity contribution in [3.05, 3.63) is 35.6 Å². The maximum absolute atomic E-state index is 12.5. The second-order valence-electron chi connectivity index (χ2n) is 2.81. The Balaban J connectivity index is 0.00000196. The number of rotatable bonds is 3. The molecule has 0 aliphatic heterocycles. The van der Waals surface area contributed by atoms with E-state index >= 15 is 0 Å². The molecule has 1 aromatic rings. The van der Waals surface area contributed by atoms with Crippen LogP contribution < -0.4 is 56.5 Å². The zero-order valence-corrected chi connectivity index (χ0v) is 11.4. The molecule has 15 heavy (non-hydrogen) atoms. The van der Waals surface area contributed by atoms with Crippen LogP contribution in [0.3, 0.4) is 0 Å². The van der Waals surface area contributed by atoms with E-state index in [1.54, 1.807) is 0 Å². The fourth-order valence-corrected chi connectivity index (χ4v) is 1.10. The first-order chi connectivity index (χ1) is 6.63. The Hall–Kier alpha value is -0.254. The molecule has 1 rings (SSSR count). The molecule has 0 saturated heterocycles. The number of halogens is 1. The third-order valence-corrected chi connectivity index (χ3v) is 1.80. The maximum atomic E-state index is 12.5. The van der Waals surface area contributed by atoms with Gasteiger partial charge in [0, 0.05) is 12.4 Å². The Morgan fingerprint density at radius 3 is 2.40 bits per heavy atom. The minimum atomic E-state index is -1.29. The van der Waals surface area contributed by atoms with Crippen LogP contribution in [-0.2, 0) is 4.79 Å². The largest absolute Gasteiger partial charge is 1.00 e. The van der Waals surface area contributed by atoms with Crippen LogP contribution in [0.1, 0.15) is 17.9 Å². The van der Waals surface area contributed by atoms with Crippen molar-refractivity contribution in [2.24, 2.45) is 0 Å². The Morgan fingerprint density at radius 1 is 1.47 bits per heavy atom. The van der Waals surface area contributed by atoms with Gasteiger partial charge in [-0.1, -0.05) is 12.1 Å². The molecule has 0 N–H and O–H groups in total. The first-order valence-corrected chi connectivity index (χ1v) is 3.98. The van der Waals surface area contributed by atoms with Gasteiger partial charge in [0.25, 0.3) is 0 Å². The van der Waals surface area contributed by atoms with Gasteiger partial charge < -0.3 is 9.90 Å². The predicted molar refractivity (Wildman–Crippen MR) is 44.4 cm³/mol. The predicted octanol–water partition coefficient (Wildman–Crippen LogP) is -2.42. The molecule has 0 bridgehead atoms. The minimum Gasteiger partial charge on any atom is -0.550 e.